The van der Waals surface area contributed by atoms with Crippen LogP contribution in [0.3, 0.4) is 0 Å². The fraction of sp³-hybridized carbons (Fsp3) is 1.00. The summed E-state index contributed by atoms with van der Waals surface area (Å²) in [5.74, 6) is 0. The summed E-state index contributed by atoms with van der Waals surface area (Å²) in [7, 11) is -4.16. The second-order valence-corrected chi connectivity index (χ2v) is 21.9. The molecular weight excluding hydrogens is 248 g/mol. The first-order valence-electron chi connectivity index (χ1n) is 6.13. The third-order valence-electron chi connectivity index (χ3n) is 2.13. The van der Waals surface area contributed by atoms with Gasteiger partial charge in [-0.15, -0.1) is 0 Å². The molecule has 2 nitrogen and oxygen atoms in total. The van der Waals surface area contributed by atoms with E-state index in [-0.39, 0.29) is 0 Å². The predicted octanol–water partition coefficient (Wildman–Crippen LogP) is 3.94. The Bertz CT molecular complexity index is 211. The highest BCUT2D eigenvalue weighted by molar-refractivity contribution is 6.79. The summed E-state index contributed by atoms with van der Waals surface area (Å²) in [5.41, 5.74) is 0.353. The molecule has 5 heteroatoms. The zero-order valence-corrected chi connectivity index (χ0v) is 15.6. The molecule has 0 spiro atoms. The third-order valence-corrected chi connectivity index (χ3v) is 6.61. The van der Waals surface area contributed by atoms with E-state index in [0.29, 0.717) is 5.73 Å². The Morgan fingerprint density at radius 3 is 1.44 bits per heavy atom. The zero-order valence-electron chi connectivity index (χ0n) is 12.6. The van der Waals surface area contributed by atoms with Crippen molar-refractivity contribution >= 4 is 24.7 Å². The van der Waals surface area contributed by atoms with Gasteiger partial charge in [0.25, 0.3) is 0 Å². The molecule has 0 saturated carbocycles. The van der Waals surface area contributed by atoms with Crippen molar-refractivity contribution in [3.8, 4) is 0 Å². The summed E-state index contributed by atoms with van der Waals surface area (Å²) in [6, 6.07) is 0. The van der Waals surface area contributed by atoms with Crippen molar-refractivity contribution in [1.29, 1.82) is 0 Å². The van der Waals surface area contributed by atoms with E-state index < -0.39 is 24.7 Å². The maximum atomic E-state index is 6.30. The highest BCUT2D eigenvalue weighted by Crippen LogP contribution is 2.19. The van der Waals surface area contributed by atoms with E-state index in [2.05, 4.69) is 58.9 Å². The molecule has 0 aliphatic rings. The fourth-order valence-electron chi connectivity index (χ4n) is 1.21. The topological polar surface area (TPSA) is 18.5 Å². The summed E-state index contributed by atoms with van der Waals surface area (Å²) < 4.78 is 12.3. The molecule has 1 atom stereocenters. The maximum absolute atomic E-state index is 6.30. The van der Waals surface area contributed by atoms with E-state index >= 15 is 0 Å². The molecule has 98 valence electrons. The van der Waals surface area contributed by atoms with Crippen LogP contribution in [0.2, 0.25) is 58.9 Å². The molecule has 16 heavy (non-hydrogen) atoms. The van der Waals surface area contributed by atoms with Gasteiger partial charge in [0, 0.05) is 0 Å². The van der Waals surface area contributed by atoms with Crippen LogP contribution in [0.1, 0.15) is 0 Å². The fourth-order valence-corrected chi connectivity index (χ4v) is 6.01. The van der Waals surface area contributed by atoms with Crippen LogP contribution in [-0.2, 0) is 8.85 Å². The minimum Gasteiger partial charge on any atom is -0.416 e. The van der Waals surface area contributed by atoms with Crippen molar-refractivity contribution in [2.75, 3.05) is 6.61 Å². The van der Waals surface area contributed by atoms with E-state index in [9.17, 15) is 0 Å². The maximum Gasteiger partial charge on any atom is 0.183 e. The Morgan fingerprint density at radius 1 is 0.750 bits per heavy atom. The molecule has 0 aliphatic carbocycles. The van der Waals surface area contributed by atoms with Gasteiger partial charge in [-0.25, -0.2) is 0 Å². The van der Waals surface area contributed by atoms with Crippen LogP contribution in [0, 0.1) is 0 Å². The molecule has 0 radical (unpaired) electrons. The minimum atomic E-state index is -1.46. The molecule has 1 unspecified atom stereocenters. The van der Waals surface area contributed by atoms with Gasteiger partial charge in [0.05, 0.1) is 20.4 Å². The highest BCUT2D eigenvalue weighted by Gasteiger charge is 2.33. The summed E-state index contributed by atoms with van der Waals surface area (Å²) >= 11 is 0. The standard InChI is InChI=1S/C11H30O2Si3/c1-14(2,3)11(13-16(7,8)9)10-12-15(4,5)6/h11H,10H2,1-9H3. The van der Waals surface area contributed by atoms with Crippen molar-refractivity contribution < 1.29 is 8.85 Å². The summed E-state index contributed by atoms with van der Waals surface area (Å²) in [5, 5.41) is 0. The van der Waals surface area contributed by atoms with E-state index in [1.54, 1.807) is 0 Å². The van der Waals surface area contributed by atoms with Crippen LogP contribution < -0.4 is 0 Å². The average Bonchev–Trinajstić information content (AvgIpc) is 1.91. The monoisotopic (exact) mass is 278 g/mol. The Hall–Kier alpha value is 0.571. The van der Waals surface area contributed by atoms with Crippen molar-refractivity contribution in [2.45, 2.75) is 64.7 Å². The second-order valence-electron chi connectivity index (χ2n) is 7.51. The first-order valence-corrected chi connectivity index (χ1v) is 16.5. The van der Waals surface area contributed by atoms with Crippen molar-refractivity contribution in [1.82, 2.24) is 0 Å². The van der Waals surface area contributed by atoms with Gasteiger partial charge in [0.1, 0.15) is 0 Å². The lowest BCUT2D eigenvalue weighted by Crippen LogP contribution is -2.50. The van der Waals surface area contributed by atoms with E-state index in [1.807, 2.05) is 0 Å². The number of hydrogen-bond acceptors (Lipinski definition) is 2. The Labute approximate surface area is 105 Å². The van der Waals surface area contributed by atoms with Gasteiger partial charge < -0.3 is 8.85 Å². The van der Waals surface area contributed by atoms with Gasteiger partial charge in [-0.2, -0.15) is 0 Å². The van der Waals surface area contributed by atoms with Crippen molar-refractivity contribution in [2.24, 2.45) is 0 Å². The van der Waals surface area contributed by atoms with Gasteiger partial charge in [-0.3, -0.25) is 0 Å². The molecule has 0 amide bonds. The molecule has 0 N–H and O–H groups in total. The molecule has 0 aliphatic heterocycles. The lowest BCUT2D eigenvalue weighted by molar-refractivity contribution is 0.169. The van der Waals surface area contributed by atoms with Crippen LogP contribution in [0.25, 0.3) is 0 Å². The summed E-state index contributed by atoms with van der Waals surface area (Å²) in [6.07, 6.45) is 0. The highest BCUT2D eigenvalue weighted by atomic mass is 28.4. The molecule has 0 aromatic heterocycles. The molecule has 0 heterocycles. The average molecular weight is 279 g/mol. The Kier molecular flexibility index (Phi) is 5.67. The molecule has 0 saturated heterocycles. The normalized spacial score (nSPS) is 16.3. The van der Waals surface area contributed by atoms with Crippen LogP contribution >= 0.6 is 0 Å². The van der Waals surface area contributed by atoms with Crippen molar-refractivity contribution in [3.05, 3.63) is 0 Å². The SMILES string of the molecule is C[Si](C)(C)OCC(O[Si](C)(C)C)[Si](C)(C)C. The smallest absolute Gasteiger partial charge is 0.183 e. The van der Waals surface area contributed by atoms with Crippen LogP contribution in [0.15, 0.2) is 0 Å². The molecular formula is C11H30O2Si3. The largest absolute Gasteiger partial charge is 0.416 e. The van der Waals surface area contributed by atoms with Gasteiger partial charge in [-0.1, -0.05) is 19.6 Å². The van der Waals surface area contributed by atoms with Crippen molar-refractivity contribution in [3.63, 3.8) is 0 Å². The predicted molar refractivity (Wildman–Crippen MR) is 80.9 cm³/mol. The summed E-state index contributed by atoms with van der Waals surface area (Å²) in [6.45, 7) is 21.4. The number of hydrogen-bond donors (Lipinski definition) is 0. The van der Waals surface area contributed by atoms with Gasteiger partial charge in [0.2, 0.25) is 0 Å². The third kappa shape index (κ3) is 8.69. The quantitative estimate of drug-likeness (QED) is 0.685. The number of rotatable bonds is 6. The van der Waals surface area contributed by atoms with Crippen LogP contribution in [-0.4, -0.2) is 37.0 Å². The van der Waals surface area contributed by atoms with Gasteiger partial charge >= 0.3 is 0 Å². The first kappa shape index (κ1) is 16.6. The van der Waals surface area contributed by atoms with E-state index in [0.717, 1.165) is 6.61 Å². The first-order chi connectivity index (χ1) is 6.81. The Morgan fingerprint density at radius 2 is 1.19 bits per heavy atom. The molecule has 0 rings (SSSR count). The lowest BCUT2D eigenvalue weighted by atomic mass is 10.8. The second kappa shape index (κ2) is 5.48. The van der Waals surface area contributed by atoms with Gasteiger partial charge in [-0.05, 0) is 39.3 Å². The van der Waals surface area contributed by atoms with Crippen LogP contribution in [0.4, 0.5) is 0 Å². The molecule has 0 fully saturated rings. The van der Waals surface area contributed by atoms with Gasteiger partial charge in [0.15, 0.2) is 16.6 Å². The molecule has 0 aromatic carbocycles. The lowest BCUT2D eigenvalue weighted by Gasteiger charge is -2.36. The molecule has 0 aromatic rings. The van der Waals surface area contributed by atoms with E-state index in [1.165, 1.54) is 0 Å². The van der Waals surface area contributed by atoms with Crippen LogP contribution in [0.5, 0.6) is 0 Å². The summed E-state index contributed by atoms with van der Waals surface area (Å²) in [4.78, 5) is 0. The Balaban J connectivity index is 4.47. The molecule has 0 bridgehead atoms. The van der Waals surface area contributed by atoms with E-state index in [4.69, 9.17) is 8.85 Å². The minimum absolute atomic E-state index is 0.353. The zero-order chi connectivity index (χ0) is 13.2.